The zero-order chi connectivity index (χ0) is 19.2. The average molecular weight is 366 g/mol. The van der Waals surface area contributed by atoms with Gasteiger partial charge in [0.15, 0.2) is 0 Å². The van der Waals surface area contributed by atoms with Crippen molar-refractivity contribution >= 4 is 17.6 Å². The van der Waals surface area contributed by atoms with E-state index in [1.165, 1.54) is 0 Å². The second kappa shape index (κ2) is 8.66. The maximum atomic E-state index is 12.8. The van der Waals surface area contributed by atoms with Crippen LogP contribution in [-0.2, 0) is 0 Å². The second-order valence-electron chi connectivity index (χ2n) is 7.15. The smallest absolute Gasteiger partial charge is 0.253 e. The number of carbonyl (C=O) groups excluding carboxylic acids is 2. The average Bonchev–Trinajstić information content (AvgIpc) is 2.72. The number of carbonyl (C=O) groups is 2. The van der Waals surface area contributed by atoms with Gasteiger partial charge in [-0.25, -0.2) is 4.98 Å². The minimum Gasteiger partial charge on any atom is -0.353 e. The van der Waals surface area contributed by atoms with Gasteiger partial charge in [0.2, 0.25) is 0 Å². The van der Waals surface area contributed by atoms with Crippen molar-refractivity contribution in [2.45, 2.75) is 13.8 Å². The monoisotopic (exact) mass is 366 g/mol. The summed E-state index contributed by atoms with van der Waals surface area (Å²) >= 11 is 0. The molecule has 0 bridgehead atoms. The highest BCUT2D eigenvalue weighted by atomic mass is 16.2. The lowest BCUT2D eigenvalue weighted by Gasteiger charge is -2.35. The molecular weight excluding hydrogens is 340 g/mol. The third-order valence-electron chi connectivity index (χ3n) is 4.58. The van der Waals surface area contributed by atoms with Crippen LogP contribution in [0, 0.1) is 5.92 Å². The van der Waals surface area contributed by atoms with Crippen LogP contribution in [0.2, 0.25) is 0 Å². The van der Waals surface area contributed by atoms with Crippen LogP contribution in [0.3, 0.4) is 0 Å². The fraction of sp³-hybridized carbons (Fsp3) is 0.381. The van der Waals surface area contributed by atoms with Crippen molar-refractivity contribution in [3.63, 3.8) is 0 Å². The molecule has 1 fully saturated rings. The van der Waals surface area contributed by atoms with Crippen LogP contribution >= 0.6 is 0 Å². The van der Waals surface area contributed by atoms with Crippen LogP contribution in [0.25, 0.3) is 0 Å². The summed E-state index contributed by atoms with van der Waals surface area (Å²) in [5.74, 6) is 1.15. The van der Waals surface area contributed by atoms with Gasteiger partial charge >= 0.3 is 0 Å². The van der Waals surface area contributed by atoms with Gasteiger partial charge in [0.05, 0.1) is 0 Å². The second-order valence-corrected chi connectivity index (χ2v) is 7.15. The summed E-state index contributed by atoms with van der Waals surface area (Å²) in [6.07, 6.45) is 1.78. The highest BCUT2D eigenvalue weighted by Crippen LogP contribution is 2.15. The van der Waals surface area contributed by atoms with Gasteiger partial charge in [-0.1, -0.05) is 26.0 Å². The first-order valence-electron chi connectivity index (χ1n) is 9.38. The van der Waals surface area contributed by atoms with Gasteiger partial charge in [-0.3, -0.25) is 9.59 Å². The Bertz CT molecular complexity index is 784. The first-order valence-corrected chi connectivity index (χ1v) is 9.38. The van der Waals surface area contributed by atoms with E-state index >= 15 is 0 Å². The lowest BCUT2D eigenvalue weighted by molar-refractivity contribution is 0.0746. The van der Waals surface area contributed by atoms with E-state index in [0.717, 1.165) is 18.9 Å². The van der Waals surface area contributed by atoms with Crippen LogP contribution in [0.5, 0.6) is 0 Å². The summed E-state index contributed by atoms with van der Waals surface area (Å²) in [6.45, 7) is 7.48. The summed E-state index contributed by atoms with van der Waals surface area (Å²) in [7, 11) is 0. The van der Waals surface area contributed by atoms with E-state index in [1.807, 2.05) is 36.9 Å². The lowest BCUT2D eigenvalue weighted by Crippen LogP contribution is -2.49. The maximum Gasteiger partial charge on any atom is 0.253 e. The molecule has 2 aromatic rings. The van der Waals surface area contributed by atoms with Gasteiger partial charge in [0, 0.05) is 50.0 Å². The van der Waals surface area contributed by atoms with Crippen molar-refractivity contribution < 1.29 is 9.59 Å². The number of piperazine rings is 1. The predicted molar refractivity (Wildman–Crippen MR) is 106 cm³/mol. The number of anilines is 1. The van der Waals surface area contributed by atoms with Gasteiger partial charge < -0.3 is 15.1 Å². The third kappa shape index (κ3) is 4.84. The molecule has 0 spiro atoms. The molecule has 1 saturated heterocycles. The number of aromatic nitrogens is 1. The molecule has 0 radical (unpaired) electrons. The molecule has 27 heavy (non-hydrogen) atoms. The van der Waals surface area contributed by atoms with Gasteiger partial charge in [-0.05, 0) is 36.2 Å². The van der Waals surface area contributed by atoms with Crippen LogP contribution in [0.1, 0.15) is 34.6 Å². The Hall–Kier alpha value is -2.89. The lowest BCUT2D eigenvalue weighted by atomic mass is 10.1. The molecule has 2 amide bonds. The highest BCUT2D eigenvalue weighted by Gasteiger charge is 2.23. The molecule has 1 aromatic heterocycles. The summed E-state index contributed by atoms with van der Waals surface area (Å²) in [5.41, 5.74) is 1.08. The molecule has 1 N–H and O–H groups in total. The topological polar surface area (TPSA) is 65.5 Å². The van der Waals surface area contributed by atoms with Crippen LogP contribution in [0.15, 0.2) is 48.7 Å². The van der Waals surface area contributed by atoms with Gasteiger partial charge in [-0.2, -0.15) is 0 Å². The molecule has 6 nitrogen and oxygen atoms in total. The van der Waals surface area contributed by atoms with Crippen molar-refractivity contribution in [1.82, 2.24) is 15.2 Å². The van der Waals surface area contributed by atoms with Gasteiger partial charge in [0.1, 0.15) is 5.82 Å². The van der Waals surface area contributed by atoms with E-state index in [2.05, 4.69) is 15.2 Å². The van der Waals surface area contributed by atoms with Gasteiger partial charge in [-0.15, -0.1) is 0 Å². The number of rotatable bonds is 5. The Morgan fingerprint density at radius 1 is 1.04 bits per heavy atom. The highest BCUT2D eigenvalue weighted by molar-refractivity contribution is 5.99. The van der Waals surface area contributed by atoms with Crippen molar-refractivity contribution in [2.75, 3.05) is 37.6 Å². The van der Waals surface area contributed by atoms with Crippen molar-refractivity contribution in [2.24, 2.45) is 5.92 Å². The number of nitrogens with zero attached hydrogens (tertiary/aromatic N) is 3. The Labute approximate surface area is 160 Å². The van der Waals surface area contributed by atoms with E-state index < -0.39 is 0 Å². The molecule has 0 saturated carbocycles. The molecule has 142 valence electrons. The quantitative estimate of drug-likeness (QED) is 0.883. The molecule has 0 atom stereocenters. The normalized spacial score (nSPS) is 14.3. The number of amides is 2. The minimum atomic E-state index is -0.140. The van der Waals surface area contributed by atoms with E-state index in [1.54, 1.807) is 30.5 Å². The molecule has 1 aliphatic rings. The third-order valence-corrected chi connectivity index (χ3v) is 4.58. The Balaban J connectivity index is 1.61. The molecule has 0 aliphatic carbocycles. The number of benzene rings is 1. The molecule has 2 heterocycles. The molecule has 0 unspecified atom stereocenters. The molecule has 3 rings (SSSR count). The maximum absolute atomic E-state index is 12.8. The first kappa shape index (κ1) is 18.9. The summed E-state index contributed by atoms with van der Waals surface area (Å²) in [6, 6.07) is 12.8. The molecule has 6 heteroatoms. The molecular formula is C21H26N4O2. The first-order chi connectivity index (χ1) is 13.0. The Kier molecular flexibility index (Phi) is 6.06. The standard InChI is InChI=1S/C21H26N4O2/c1-16(2)15-23-20(26)17-6-5-7-18(14-17)21(27)25-12-10-24(11-13-25)19-8-3-4-9-22-19/h3-9,14,16H,10-13,15H2,1-2H3,(H,23,26). The summed E-state index contributed by atoms with van der Waals surface area (Å²) in [5, 5.41) is 2.89. The Morgan fingerprint density at radius 2 is 1.78 bits per heavy atom. The van der Waals surface area contributed by atoms with Crippen LogP contribution in [-0.4, -0.2) is 54.4 Å². The summed E-state index contributed by atoms with van der Waals surface area (Å²) in [4.78, 5) is 33.5. The largest absolute Gasteiger partial charge is 0.353 e. The van der Waals surface area contributed by atoms with E-state index in [9.17, 15) is 9.59 Å². The Morgan fingerprint density at radius 3 is 2.44 bits per heavy atom. The van der Waals surface area contributed by atoms with Gasteiger partial charge in [0.25, 0.3) is 11.8 Å². The fourth-order valence-corrected chi connectivity index (χ4v) is 3.05. The zero-order valence-electron chi connectivity index (χ0n) is 15.9. The number of hydrogen-bond donors (Lipinski definition) is 1. The number of pyridine rings is 1. The summed E-state index contributed by atoms with van der Waals surface area (Å²) < 4.78 is 0. The minimum absolute atomic E-state index is 0.0332. The van der Waals surface area contributed by atoms with E-state index in [-0.39, 0.29) is 11.8 Å². The SMILES string of the molecule is CC(C)CNC(=O)c1cccc(C(=O)N2CCN(c3ccccn3)CC2)c1. The molecule has 1 aliphatic heterocycles. The zero-order valence-corrected chi connectivity index (χ0v) is 15.9. The number of nitrogens with one attached hydrogen (secondary N) is 1. The van der Waals surface area contributed by atoms with E-state index in [4.69, 9.17) is 0 Å². The van der Waals surface area contributed by atoms with Crippen molar-refractivity contribution in [3.8, 4) is 0 Å². The van der Waals surface area contributed by atoms with Crippen LogP contribution < -0.4 is 10.2 Å². The van der Waals surface area contributed by atoms with Crippen LogP contribution in [0.4, 0.5) is 5.82 Å². The fourth-order valence-electron chi connectivity index (χ4n) is 3.05. The van der Waals surface area contributed by atoms with E-state index in [0.29, 0.717) is 36.7 Å². The van der Waals surface area contributed by atoms with Crippen molar-refractivity contribution in [3.05, 3.63) is 59.8 Å². The number of hydrogen-bond acceptors (Lipinski definition) is 4. The van der Waals surface area contributed by atoms with Crippen molar-refractivity contribution in [1.29, 1.82) is 0 Å². The predicted octanol–water partition coefficient (Wildman–Crippen LogP) is 2.43. The molecule has 1 aromatic carbocycles.